The number of hydrogen-bond donors (Lipinski definition) is 2. The zero-order valence-corrected chi connectivity index (χ0v) is 10.2. The molecule has 0 saturated heterocycles. The molecule has 0 aromatic heterocycles. The van der Waals surface area contributed by atoms with E-state index < -0.39 is 0 Å². The van der Waals surface area contributed by atoms with Crippen molar-refractivity contribution in [3.05, 3.63) is 29.8 Å². The maximum Gasteiger partial charge on any atom is 0.142 e. The number of rotatable bonds is 4. The first kappa shape index (κ1) is 12.5. The van der Waals surface area contributed by atoms with Crippen molar-refractivity contribution < 1.29 is 0 Å². The highest BCUT2D eigenvalue weighted by Gasteiger charge is 2.01. The molecule has 0 radical (unpaired) electrons. The van der Waals surface area contributed by atoms with Crippen molar-refractivity contribution in [1.29, 1.82) is 0 Å². The Labute approximate surface area is 97.1 Å². The topological polar surface area (TPSA) is 53.6 Å². The summed E-state index contributed by atoms with van der Waals surface area (Å²) in [6, 6.07) is 8.13. The Bertz CT molecular complexity index is 341. The van der Waals surface area contributed by atoms with Gasteiger partial charge in [-0.05, 0) is 30.7 Å². The first-order valence-electron chi connectivity index (χ1n) is 5.48. The Morgan fingerprint density at radius 3 is 2.38 bits per heavy atom. The van der Waals surface area contributed by atoms with Gasteiger partial charge in [0.05, 0.1) is 0 Å². The Morgan fingerprint density at radius 1 is 1.31 bits per heavy atom. The molecule has 4 heteroatoms. The lowest BCUT2D eigenvalue weighted by atomic mass is 10.2. The van der Waals surface area contributed by atoms with E-state index in [1.165, 1.54) is 0 Å². The van der Waals surface area contributed by atoms with Gasteiger partial charge in [-0.3, -0.25) is 4.99 Å². The van der Waals surface area contributed by atoms with Gasteiger partial charge >= 0.3 is 0 Å². The van der Waals surface area contributed by atoms with Gasteiger partial charge in [-0.25, -0.2) is 5.84 Å². The third-order valence-electron chi connectivity index (χ3n) is 2.29. The Kier molecular flexibility index (Phi) is 4.79. The van der Waals surface area contributed by atoms with Crippen molar-refractivity contribution in [1.82, 2.24) is 5.43 Å². The van der Waals surface area contributed by atoms with E-state index in [2.05, 4.69) is 22.2 Å². The maximum absolute atomic E-state index is 5.45. The molecule has 0 aliphatic rings. The molecule has 1 aromatic rings. The number of nitrogens with one attached hydrogen (secondary N) is 1. The lowest BCUT2D eigenvalue weighted by Gasteiger charge is -2.13. The van der Waals surface area contributed by atoms with Crippen molar-refractivity contribution >= 4 is 11.5 Å². The van der Waals surface area contributed by atoms with Crippen LogP contribution in [0, 0.1) is 0 Å². The molecule has 0 aliphatic heterocycles. The standard InChI is InChI=1S/C12H20N4/c1-4-9-14-12(15-13)10-5-7-11(8-6-10)16(2)3/h5-8H,4,9,13H2,1-3H3,(H,14,15). The molecule has 0 amide bonds. The number of amidine groups is 1. The van der Waals surface area contributed by atoms with Gasteiger partial charge in [0.2, 0.25) is 0 Å². The first-order chi connectivity index (χ1) is 7.69. The summed E-state index contributed by atoms with van der Waals surface area (Å²) in [6.45, 7) is 2.88. The number of nitrogens with zero attached hydrogens (tertiary/aromatic N) is 2. The van der Waals surface area contributed by atoms with E-state index in [0.29, 0.717) is 0 Å². The lowest BCUT2D eigenvalue weighted by molar-refractivity contribution is 0.907. The van der Waals surface area contributed by atoms with Crippen LogP contribution in [0.1, 0.15) is 18.9 Å². The zero-order valence-electron chi connectivity index (χ0n) is 10.2. The van der Waals surface area contributed by atoms with Crippen LogP contribution in [0.4, 0.5) is 5.69 Å². The smallest absolute Gasteiger partial charge is 0.142 e. The molecule has 0 bridgehead atoms. The van der Waals surface area contributed by atoms with Crippen LogP contribution in [0.15, 0.2) is 29.3 Å². The molecule has 1 aromatic carbocycles. The fourth-order valence-corrected chi connectivity index (χ4v) is 1.36. The Balaban J connectivity index is 2.86. The molecule has 0 unspecified atom stereocenters. The quantitative estimate of drug-likeness (QED) is 0.349. The summed E-state index contributed by atoms with van der Waals surface area (Å²) in [5.41, 5.74) is 4.82. The molecule has 16 heavy (non-hydrogen) atoms. The van der Waals surface area contributed by atoms with Crippen LogP contribution in [0.2, 0.25) is 0 Å². The van der Waals surface area contributed by atoms with Crippen molar-refractivity contribution in [2.45, 2.75) is 13.3 Å². The zero-order chi connectivity index (χ0) is 12.0. The molecule has 0 spiro atoms. The summed E-state index contributed by atoms with van der Waals surface area (Å²) >= 11 is 0. The molecule has 0 aliphatic carbocycles. The van der Waals surface area contributed by atoms with Gasteiger partial charge in [-0.1, -0.05) is 6.92 Å². The average molecular weight is 220 g/mol. The Morgan fingerprint density at radius 2 is 1.94 bits per heavy atom. The van der Waals surface area contributed by atoms with E-state index in [9.17, 15) is 0 Å². The van der Waals surface area contributed by atoms with Gasteiger partial charge in [-0.15, -0.1) is 0 Å². The van der Waals surface area contributed by atoms with Crippen molar-refractivity contribution in [2.24, 2.45) is 10.8 Å². The average Bonchev–Trinajstić information content (AvgIpc) is 2.30. The van der Waals surface area contributed by atoms with Gasteiger partial charge in [0.15, 0.2) is 0 Å². The second kappa shape index (κ2) is 6.12. The van der Waals surface area contributed by atoms with Crippen molar-refractivity contribution in [3.8, 4) is 0 Å². The molecule has 0 heterocycles. The predicted octanol–water partition coefficient (Wildman–Crippen LogP) is 1.37. The SMILES string of the molecule is CCCN=C(NN)c1ccc(N(C)C)cc1. The molecule has 0 fully saturated rings. The van der Waals surface area contributed by atoms with E-state index in [1.807, 2.05) is 38.4 Å². The van der Waals surface area contributed by atoms with Crippen LogP contribution in [0.3, 0.4) is 0 Å². The highest BCUT2D eigenvalue weighted by molar-refractivity contribution is 5.98. The molecular weight excluding hydrogens is 200 g/mol. The van der Waals surface area contributed by atoms with Crippen LogP contribution in [0.25, 0.3) is 0 Å². The monoisotopic (exact) mass is 220 g/mol. The first-order valence-corrected chi connectivity index (χ1v) is 5.48. The normalized spacial score (nSPS) is 11.4. The van der Waals surface area contributed by atoms with Crippen molar-refractivity contribution in [2.75, 3.05) is 25.5 Å². The van der Waals surface area contributed by atoms with E-state index in [4.69, 9.17) is 5.84 Å². The number of benzene rings is 1. The van der Waals surface area contributed by atoms with E-state index in [1.54, 1.807) is 0 Å². The molecule has 0 saturated carbocycles. The third kappa shape index (κ3) is 3.24. The summed E-state index contributed by atoms with van der Waals surface area (Å²) in [7, 11) is 4.03. The number of anilines is 1. The second-order valence-electron chi connectivity index (χ2n) is 3.82. The van der Waals surface area contributed by atoms with E-state index in [-0.39, 0.29) is 0 Å². The molecular formula is C12H20N4. The molecule has 3 N–H and O–H groups in total. The largest absolute Gasteiger partial charge is 0.378 e. The third-order valence-corrected chi connectivity index (χ3v) is 2.29. The van der Waals surface area contributed by atoms with Gasteiger partial charge in [-0.2, -0.15) is 0 Å². The summed E-state index contributed by atoms with van der Waals surface area (Å²) in [5, 5.41) is 0. The number of aliphatic imine (C=N–C) groups is 1. The number of nitrogens with two attached hydrogens (primary N) is 1. The number of hydrazine groups is 1. The molecule has 0 atom stereocenters. The van der Waals surface area contributed by atoms with Crippen LogP contribution in [0.5, 0.6) is 0 Å². The fourth-order valence-electron chi connectivity index (χ4n) is 1.36. The highest BCUT2D eigenvalue weighted by atomic mass is 15.2. The molecule has 4 nitrogen and oxygen atoms in total. The van der Waals surface area contributed by atoms with Crippen LogP contribution in [-0.2, 0) is 0 Å². The van der Waals surface area contributed by atoms with E-state index in [0.717, 1.165) is 30.1 Å². The van der Waals surface area contributed by atoms with Gasteiger partial charge in [0.25, 0.3) is 0 Å². The Hall–Kier alpha value is -1.55. The summed E-state index contributed by atoms with van der Waals surface area (Å²) < 4.78 is 0. The highest BCUT2D eigenvalue weighted by Crippen LogP contribution is 2.12. The van der Waals surface area contributed by atoms with Crippen LogP contribution >= 0.6 is 0 Å². The van der Waals surface area contributed by atoms with Gasteiger partial charge < -0.3 is 10.3 Å². The fraction of sp³-hybridized carbons (Fsp3) is 0.417. The van der Waals surface area contributed by atoms with Gasteiger partial charge in [0, 0.05) is 31.9 Å². The van der Waals surface area contributed by atoms with E-state index >= 15 is 0 Å². The number of hydrogen-bond acceptors (Lipinski definition) is 3. The van der Waals surface area contributed by atoms with Crippen molar-refractivity contribution in [3.63, 3.8) is 0 Å². The predicted molar refractivity (Wildman–Crippen MR) is 69.8 cm³/mol. The lowest BCUT2D eigenvalue weighted by Crippen LogP contribution is -2.31. The molecule has 88 valence electrons. The summed E-state index contributed by atoms with van der Waals surface area (Å²) in [6.07, 6.45) is 1.01. The van der Waals surface area contributed by atoms with Crippen LogP contribution in [-0.4, -0.2) is 26.5 Å². The summed E-state index contributed by atoms with van der Waals surface area (Å²) in [4.78, 5) is 6.43. The minimum atomic E-state index is 0.743. The van der Waals surface area contributed by atoms with Crippen LogP contribution < -0.4 is 16.2 Å². The molecule has 1 rings (SSSR count). The minimum Gasteiger partial charge on any atom is -0.378 e. The summed E-state index contributed by atoms with van der Waals surface area (Å²) in [5.74, 6) is 6.19. The van der Waals surface area contributed by atoms with Gasteiger partial charge in [0.1, 0.15) is 5.84 Å². The minimum absolute atomic E-state index is 0.743. The second-order valence-corrected chi connectivity index (χ2v) is 3.82. The maximum atomic E-state index is 5.45.